The van der Waals surface area contributed by atoms with Gasteiger partial charge >= 0.3 is 0 Å². The molecule has 2 atom stereocenters. The van der Waals surface area contributed by atoms with Crippen molar-refractivity contribution < 1.29 is 9.47 Å². The molecule has 2 unspecified atom stereocenters. The van der Waals surface area contributed by atoms with Gasteiger partial charge in [0.1, 0.15) is 0 Å². The van der Waals surface area contributed by atoms with Crippen LogP contribution in [0.25, 0.3) is 0 Å². The molecule has 0 radical (unpaired) electrons. The van der Waals surface area contributed by atoms with Gasteiger partial charge in [0.25, 0.3) is 0 Å². The highest BCUT2D eigenvalue weighted by atomic mass is 16.5. The highest BCUT2D eigenvalue weighted by Crippen LogP contribution is 2.38. The van der Waals surface area contributed by atoms with Gasteiger partial charge in [-0.3, -0.25) is 4.90 Å². The Labute approximate surface area is 118 Å². The second-order valence-electron chi connectivity index (χ2n) is 6.29. The molecule has 0 aromatic carbocycles. The molecule has 0 aromatic rings. The molecule has 114 valence electrons. The molecule has 0 aromatic heterocycles. The van der Waals surface area contributed by atoms with E-state index in [4.69, 9.17) is 15.2 Å². The SMILES string of the molecule is CCC1(C)CC(CN)(N(CCOC)C(C)C)CCO1. The van der Waals surface area contributed by atoms with Gasteiger partial charge in [-0.25, -0.2) is 0 Å². The Balaban J connectivity index is 2.92. The molecular weight excluding hydrogens is 240 g/mol. The average Bonchev–Trinajstić information content (AvgIpc) is 2.39. The van der Waals surface area contributed by atoms with E-state index in [0.717, 1.165) is 39.0 Å². The lowest BCUT2D eigenvalue weighted by atomic mass is 9.77. The monoisotopic (exact) mass is 272 g/mol. The molecule has 0 amide bonds. The predicted molar refractivity (Wildman–Crippen MR) is 79.4 cm³/mol. The van der Waals surface area contributed by atoms with Crippen molar-refractivity contribution >= 4 is 0 Å². The fourth-order valence-corrected chi connectivity index (χ4v) is 3.32. The number of nitrogens with two attached hydrogens (primary N) is 1. The molecule has 19 heavy (non-hydrogen) atoms. The van der Waals surface area contributed by atoms with E-state index in [-0.39, 0.29) is 11.1 Å². The number of nitrogens with zero attached hydrogens (tertiary/aromatic N) is 1. The average molecular weight is 272 g/mol. The molecule has 1 aliphatic heterocycles. The van der Waals surface area contributed by atoms with Crippen molar-refractivity contribution in [1.82, 2.24) is 4.90 Å². The summed E-state index contributed by atoms with van der Waals surface area (Å²) in [5.74, 6) is 0. The molecule has 0 spiro atoms. The second kappa shape index (κ2) is 7.02. The summed E-state index contributed by atoms with van der Waals surface area (Å²) in [7, 11) is 1.76. The number of methoxy groups -OCH3 is 1. The van der Waals surface area contributed by atoms with Crippen molar-refractivity contribution in [3.05, 3.63) is 0 Å². The lowest BCUT2D eigenvalue weighted by molar-refractivity contribution is -0.136. The van der Waals surface area contributed by atoms with Crippen LogP contribution in [0.2, 0.25) is 0 Å². The molecule has 4 heteroatoms. The van der Waals surface area contributed by atoms with Gasteiger partial charge in [-0.15, -0.1) is 0 Å². The maximum absolute atomic E-state index is 6.19. The first-order valence-electron chi connectivity index (χ1n) is 7.53. The van der Waals surface area contributed by atoms with E-state index in [2.05, 4.69) is 32.6 Å². The van der Waals surface area contributed by atoms with Crippen molar-refractivity contribution in [2.45, 2.75) is 64.1 Å². The summed E-state index contributed by atoms with van der Waals surface area (Å²) in [6.45, 7) is 12.1. The standard InChI is InChI=1S/C15H32N2O2/c1-6-14(4)11-15(12-16,7-9-19-14)17(13(2)3)8-10-18-5/h13H,6-12,16H2,1-5H3. The van der Waals surface area contributed by atoms with Crippen molar-refractivity contribution in [1.29, 1.82) is 0 Å². The van der Waals surface area contributed by atoms with Crippen molar-refractivity contribution in [2.75, 3.05) is 33.4 Å². The van der Waals surface area contributed by atoms with Gasteiger partial charge in [0, 0.05) is 38.4 Å². The number of ether oxygens (including phenoxy) is 2. The fourth-order valence-electron chi connectivity index (χ4n) is 3.32. The predicted octanol–water partition coefficient (Wildman–Crippen LogP) is 2.02. The first kappa shape index (κ1) is 16.9. The van der Waals surface area contributed by atoms with Gasteiger partial charge in [0.2, 0.25) is 0 Å². The first-order chi connectivity index (χ1) is 8.93. The minimum atomic E-state index is -0.0438. The quantitative estimate of drug-likeness (QED) is 0.770. The summed E-state index contributed by atoms with van der Waals surface area (Å²) in [5, 5.41) is 0. The molecule has 0 aliphatic carbocycles. The molecular formula is C15H32N2O2. The van der Waals surface area contributed by atoms with E-state index in [0.29, 0.717) is 12.6 Å². The Kier molecular flexibility index (Phi) is 6.24. The summed E-state index contributed by atoms with van der Waals surface area (Å²) in [6.07, 6.45) is 3.06. The summed E-state index contributed by atoms with van der Waals surface area (Å²) in [5.41, 5.74) is 6.19. The molecule has 0 bridgehead atoms. The van der Waals surface area contributed by atoms with Crippen LogP contribution in [-0.4, -0.2) is 55.5 Å². The molecule has 1 aliphatic rings. The van der Waals surface area contributed by atoms with Gasteiger partial charge in [-0.1, -0.05) is 6.92 Å². The highest BCUT2D eigenvalue weighted by Gasteiger charge is 2.45. The summed E-state index contributed by atoms with van der Waals surface area (Å²) in [4.78, 5) is 2.52. The van der Waals surface area contributed by atoms with Crippen LogP contribution in [0.15, 0.2) is 0 Å². The van der Waals surface area contributed by atoms with E-state index in [9.17, 15) is 0 Å². The Morgan fingerprint density at radius 3 is 2.58 bits per heavy atom. The van der Waals surface area contributed by atoms with E-state index in [1.807, 2.05) is 0 Å². The van der Waals surface area contributed by atoms with Crippen LogP contribution in [0, 0.1) is 0 Å². The third-order valence-corrected chi connectivity index (χ3v) is 4.62. The number of hydrogen-bond acceptors (Lipinski definition) is 4. The normalized spacial score (nSPS) is 32.2. The zero-order valence-electron chi connectivity index (χ0n) is 13.4. The zero-order valence-corrected chi connectivity index (χ0v) is 13.4. The first-order valence-corrected chi connectivity index (χ1v) is 7.53. The Hall–Kier alpha value is -0.160. The minimum absolute atomic E-state index is 0.0438. The van der Waals surface area contributed by atoms with E-state index in [1.165, 1.54) is 0 Å². The van der Waals surface area contributed by atoms with Crippen LogP contribution in [0.1, 0.15) is 47.0 Å². The Bertz CT molecular complexity index is 273. The molecule has 1 fully saturated rings. The van der Waals surface area contributed by atoms with E-state index < -0.39 is 0 Å². The van der Waals surface area contributed by atoms with Crippen LogP contribution in [0.4, 0.5) is 0 Å². The van der Waals surface area contributed by atoms with Gasteiger partial charge in [0.05, 0.1) is 12.2 Å². The summed E-state index contributed by atoms with van der Waals surface area (Å²) in [6, 6.07) is 0.470. The van der Waals surface area contributed by atoms with Gasteiger partial charge in [-0.2, -0.15) is 0 Å². The van der Waals surface area contributed by atoms with Gasteiger partial charge < -0.3 is 15.2 Å². The van der Waals surface area contributed by atoms with Crippen LogP contribution in [-0.2, 0) is 9.47 Å². The van der Waals surface area contributed by atoms with Crippen LogP contribution in [0.5, 0.6) is 0 Å². The summed E-state index contributed by atoms with van der Waals surface area (Å²) >= 11 is 0. The molecule has 4 nitrogen and oxygen atoms in total. The van der Waals surface area contributed by atoms with Gasteiger partial charge in [-0.05, 0) is 40.0 Å². The van der Waals surface area contributed by atoms with Crippen molar-refractivity contribution in [2.24, 2.45) is 5.73 Å². The topological polar surface area (TPSA) is 47.7 Å². The lowest BCUT2D eigenvalue weighted by Crippen LogP contribution is -2.63. The number of hydrogen-bond donors (Lipinski definition) is 1. The minimum Gasteiger partial charge on any atom is -0.383 e. The largest absolute Gasteiger partial charge is 0.383 e. The maximum atomic E-state index is 6.19. The summed E-state index contributed by atoms with van der Waals surface area (Å²) < 4.78 is 11.3. The van der Waals surface area contributed by atoms with Crippen molar-refractivity contribution in [3.63, 3.8) is 0 Å². The smallest absolute Gasteiger partial charge is 0.0670 e. The molecule has 2 N–H and O–H groups in total. The zero-order chi connectivity index (χ0) is 14.5. The molecule has 0 saturated carbocycles. The van der Waals surface area contributed by atoms with Gasteiger partial charge in [0.15, 0.2) is 0 Å². The Morgan fingerprint density at radius 1 is 1.42 bits per heavy atom. The van der Waals surface area contributed by atoms with Crippen molar-refractivity contribution in [3.8, 4) is 0 Å². The van der Waals surface area contributed by atoms with Crippen LogP contribution in [0.3, 0.4) is 0 Å². The molecule has 1 saturated heterocycles. The molecule has 1 rings (SSSR count). The molecule has 1 heterocycles. The van der Waals surface area contributed by atoms with Crippen LogP contribution < -0.4 is 5.73 Å². The van der Waals surface area contributed by atoms with Crippen LogP contribution >= 0.6 is 0 Å². The van der Waals surface area contributed by atoms with E-state index in [1.54, 1.807) is 7.11 Å². The number of rotatable bonds is 7. The van der Waals surface area contributed by atoms with E-state index >= 15 is 0 Å². The highest BCUT2D eigenvalue weighted by molar-refractivity contribution is 5.01. The third-order valence-electron chi connectivity index (χ3n) is 4.62. The maximum Gasteiger partial charge on any atom is 0.0670 e. The third kappa shape index (κ3) is 3.91. The lowest BCUT2D eigenvalue weighted by Gasteiger charge is -2.53. The fraction of sp³-hybridized carbons (Fsp3) is 1.00. The Morgan fingerprint density at radius 2 is 2.11 bits per heavy atom. The second-order valence-corrected chi connectivity index (χ2v) is 6.29.